The van der Waals surface area contributed by atoms with Crippen LogP contribution < -0.4 is 0 Å². The van der Waals surface area contributed by atoms with Crippen LogP contribution in [0.2, 0.25) is 0 Å². The summed E-state index contributed by atoms with van der Waals surface area (Å²) in [4.78, 5) is 42.2. The van der Waals surface area contributed by atoms with Crippen LogP contribution in [0.1, 0.15) is 44.1 Å². The van der Waals surface area contributed by atoms with Crippen LogP contribution in [0.25, 0.3) is 32.3 Å². The fourth-order valence-corrected chi connectivity index (χ4v) is 4.56. The standard InChI is InChI=1S/C25H21NO4/c1-2-4-20(25(29)30-26-21(27)13-14-22(26)28)18-11-9-17-8-7-15-5-3-6-16-10-12-19(18)24(17)23(15)16/h3,5-12,20H,2,4,13-14H2,1H3. The third-order valence-corrected chi connectivity index (χ3v) is 5.99. The zero-order valence-corrected chi connectivity index (χ0v) is 16.7. The van der Waals surface area contributed by atoms with Crippen LogP contribution >= 0.6 is 0 Å². The molecule has 1 unspecified atom stereocenters. The number of carbonyl (C=O) groups excluding carboxylic acids is 3. The van der Waals surface area contributed by atoms with Gasteiger partial charge in [0.15, 0.2) is 0 Å². The molecule has 0 saturated carbocycles. The topological polar surface area (TPSA) is 63.7 Å². The van der Waals surface area contributed by atoms with Crippen molar-refractivity contribution < 1.29 is 19.2 Å². The number of hydrogen-bond acceptors (Lipinski definition) is 4. The molecule has 1 fully saturated rings. The first-order valence-electron chi connectivity index (χ1n) is 10.3. The molecule has 4 aromatic carbocycles. The average Bonchev–Trinajstić information content (AvgIpc) is 3.08. The summed E-state index contributed by atoms with van der Waals surface area (Å²) in [6.07, 6.45) is 1.51. The first-order chi connectivity index (χ1) is 14.6. The maximum Gasteiger partial charge on any atom is 0.340 e. The molecule has 0 aliphatic carbocycles. The molecule has 5 rings (SSSR count). The first-order valence-corrected chi connectivity index (χ1v) is 10.3. The quantitative estimate of drug-likeness (QED) is 0.347. The Morgan fingerprint density at radius 3 is 2.17 bits per heavy atom. The number of hydroxylamine groups is 2. The lowest BCUT2D eigenvalue weighted by Gasteiger charge is -2.21. The number of carbonyl (C=O) groups is 3. The van der Waals surface area contributed by atoms with Gasteiger partial charge in [0.05, 0.1) is 5.92 Å². The fraction of sp³-hybridized carbons (Fsp3) is 0.240. The highest BCUT2D eigenvalue weighted by Gasteiger charge is 2.35. The Hall–Kier alpha value is -3.47. The van der Waals surface area contributed by atoms with Gasteiger partial charge >= 0.3 is 5.97 Å². The molecule has 4 aromatic rings. The van der Waals surface area contributed by atoms with Crippen LogP contribution in [0.5, 0.6) is 0 Å². The molecule has 1 atom stereocenters. The second-order valence-electron chi connectivity index (χ2n) is 7.84. The SMILES string of the molecule is CCCC(C(=O)ON1C(=O)CCC1=O)c1ccc2ccc3cccc4ccc1c2c34. The Balaban J connectivity index is 1.64. The predicted molar refractivity (Wildman–Crippen MR) is 115 cm³/mol. The maximum atomic E-state index is 13.1. The van der Waals surface area contributed by atoms with Gasteiger partial charge in [0, 0.05) is 12.8 Å². The molecular formula is C25H21NO4. The van der Waals surface area contributed by atoms with Crippen molar-refractivity contribution in [3.63, 3.8) is 0 Å². The van der Waals surface area contributed by atoms with Crippen LogP contribution in [0.3, 0.4) is 0 Å². The predicted octanol–water partition coefficient (Wildman–Crippen LogP) is 5.07. The van der Waals surface area contributed by atoms with Crippen molar-refractivity contribution in [3.8, 4) is 0 Å². The molecular weight excluding hydrogens is 378 g/mol. The molecule has 1 heterocycles. The van der Waals surface area contributed by atoms with Crippen LogP contribution in [-0.2, 0) is 19.2 Å². The summed E-state index contributed by atoms with van der Waals surface area (Å²) in [7, 11) is 0. The van der Waals surface area contributed by atoms with E-state index in [1.54, 1.807) is 0 Å². The summed E-state index contributed by atoms with van der Waals surface area (Å²) < 4.78 is 0. The molecule has 0 radical (unpaired) electrons. The van der Waals surface area contributed by atoms with E-state index in [9.17, 15) is 14.4 Å². The van der Waals surface area contributed by atoms with Gasteiger partial charge in [0.25, 0.3) is 11.8 Å². The molecule has 1 aliphatic heterocycles. The van der Waals surface area contributed by atoms with Crippen LogP contribution in [-0.4, -0.2) is 22.8 Å². The smallest absolute Gasteiger partial charge is 0.330 e. The lowest BCUT2D eigenvalue weighted by Crippen LogP contribution is -2.34. The molecule has 0 bridgehead atoms. The molecule has 2 amide bonds. The molecule has 150 valence electrons. The van der Waals surface area contributed by atoms with Crippen LogP contribution in [0.4, 0.5) is 0 Å². The van der Waals surface area contributed by atoms with Crippen molar-refractivity contribution in [1.29, 1.82) is 0 Å². The molecule has 5 heteroatoms. The number of rotatable bonds is 5. The maximum absolute atomic E-state index is 13.1. The summed E-state index contributed by atoms with van der Waals surface area (Å²) in [5.41, 5.74) is 0.867. The summed E-state index contributed by atoms with van der Waals surface area (Å²) in [5, 5.41) is 7.39. The zero-order valence-electron chi connectivity index (χ0n) is 16.7. The van der Waals surface area contributed by atoms with Crippen LogP contribution in [0.15, 0.2) is 54.6 Å². The Morgan fingerprint density at radius 2 is 1.50 bits per heavy atom. The largest absolute Gasteiger partial charge is 0.340 e. The van der Waals surface area contributed by atoms with E-state index in [1.165, 1.54) is 5.39 Å². The van der Waals surface area contributed by atoms with Gasteiger partial charge in [-0.25, -0.2) is 4.79 Å². The van der Waals surface area contributed by atoms with Crippen molar-refractivity contribution in [2.24, 2.45) is 0 Å². The number of imide groups is 1. The minimum atomic E-state index is -0.560. The average molecular weight is 399 g/mol. The summed E-state index contributed by atoms with van der Waals surface area (Å²) in [5.74, 6) is -2.03. The Bertz CT molecular complexity index is 1280. The van der Waals surface area contributed by atoms with Gasteiger partial charge in [-0.3, -0.25) is 9.59 Å². The lowest BCUT2D eigenvalue weighted by molar-refractivity contribution is -0.198. The lowest BCUT2D eigenvalue weighted by atomic mass is 9.86. The Morgan fingerprint density at radius 1 is 0.900 bits per heavy atom. The van der Waals surface area contributed by atoms with E-state index >= 15 is 0 Å². The third kappa shape index (κ3) is 2.81. The van der Waals surface area contributed by atoms with E-state index in [-0.39, 0.29) is 12.8 Å². The van der Waals surface area contributed by atoms with E-state index in [2.05, 4.69) is 36.4 Å². The summed E-state index contributed by atoms with van der Waals surface area (Å²) in [6.45, 7) is 2.00. The van der Waals surface area contributed by atoms with Crippen molar-refractivity contribution in [2.75, 3.05) is 0 Å². The second-order valence-corrected chi connectivity index (χ2v) is 7.84. The molecule has 0 aromatic heterocycles. The summed E-state index contributed by atoms with van der Waals surface area (Å²) >= 11 is 0. The third-order valence-electron chi connectivity index (χ3n) is 5.99. The van der Waals surface area contributed by atoms with Crippen LogP contribution in [0, 0.1) is 0 Å². The number of benzene rings is 4. The van der Waals surface area contributed by atoms with Gasteiger partial charge in [0.2, 0.25) is 0 Å². The van der Waals surface area contributed by atoms with Crippen molar-refractivity contribution in [1.82, 2.24) is 5.06 Å². The van der Waals surface area contributed by atoms with E-state index in [4.69, 9.17) is 4.84 Å². The first kappa shape index (κ1) is 18.6. The number of hydrogen-bond donors (Lipinski definition) is 0. The van der Waals surface area contributed by atoms with Gasteiger partial charge in [-0.15, -0.1) is 5.06 Å². The molecule has 5 nitrogen and oxygen atoms in total. The minimum absolute atomic E-state index is 0.0866. The summed E-state index contributed by atoms with van der Waals surface area (Å²) in [6, 6.07) is 18.6. The monoisotopic (exact) mass is 399 g/mol. The van der Waals surface area contributed by atoms with Gasteiger partial charge < -0.3 is 4.84 Å². The van der Waals surface area contributed by atoms with E-state index in [1.807, 2.05) is 25.1 Å². The Labute approximate surface area is 173 Å². The fourth-order valence-electron chi connectivity index (χ4n) is 4.56. The molecule has 1 aliphatic rings. The van der Waals surface area contributed by atoms with Crippen molar-refractivity contribution in [2.45, 2.75) is 38.5 Å². The highest BCUT2D eigenvalue weighted by atomic mass is 16.7. The zero-order chi connectivity index (χ0) is 20.8. The number of amides is 2. The van der Waals surface area contributed by atoms with Crippen molar-refractivity contribution >= 4 is 50.1 Å². The molecule has 30 heavy (non-hydrogen) atoms. The Kier molecular flexibility index (Phi) is 4.39. The van der Waals surface area contributed by atoms with Gasteiger partial charge in [-0.05, 0) is 44.3 Å². The van der Waals surface area contributed by atoms with Gasteiger partial charge in [0.1, 0.15) is 0 Å². The highest BCUT2D eigenvalue weighted by molar-refractivity contribution is 6.23. The normalized spacial score (nSPS) is 15.6. The van der Waals surface area contributed by atoms with Gasteiger partial charge in [-0.2, -0.15) is 0 Å². The van der Waals surface area contributed by atoms with Crippen molar-refractivity contribution in [3.05, 3.63) is 60.2 Å². The second kappa shape index (κ2) is 7.10. The van der Waals surface area contributed by atoms with E-state index in [0.717, 1.165) is 38.9 Å². The minimum Gasteiger partial charge on any atom is -0.330 e. The van der Waals surface area contributed by atoms with E-state index < -0.39 is 23.7 Å². The molecule has 1 saturated heterocycles. The molecule has 0 spiro atoms. The highest BCUT2D eigenvalue weighted by Crippen LogP contribution is 2.39. The number of nitrogens with zero attached hydrogens (tertiary/aromatic N) is 1. The van der Waals surface area contributed by atoms with E-state index in [0.29, 0.717) is 11.5 Å². The molecule has 0 N–H and O–H groups in total. The van der Waals surface area contributed by atoms with Gasteiger partial charge in [-0.1, -0.05) is 67.9 Å².